The fourth-order valence-electron chi connectivity index (χ4n) is 4.97. The Morgan fingerprint density at radius 2 is 1.84 bits per heavy atom. The van der Waals surface area contributed by atoms with Crippen LogP contribution in [0.3, 0.4) is 0 Å². The van der Waals surface area contributed by atoms with Gasteiger partial charge in [-0.1, -0.05) is 52.0 Å². The van der Waals surface area contributed by atoms with Gasteiger partial charge in [0.15, 0.2) is 0 Å². The molecule has 0 saturated heterocycles. The zero-order chi connectivity index (χ0) is 31.5. The smallest absolute Gasteiger partial charge is 0.255 e. The van der Waals surface area contributed by atoms with Gasteiger partial charge in [-0.3, -0.25) is 19.2 Å². The molecule has 0 aliphatic carbocycles. The Bertz CT molecular complexity index is 1280. The number of benzene rings is 2. The highest BCUT2D eigenvalue weighted by molar-refractivity contribution is 6.01. The molecule has 1 aliphatic heterocycles. The molecule has 3 N–H and O–H groups in total. The van der Waals surface area contributed by atoms with Crippen molar-refractivity contribution in [3.05, 3.63) is 59.2 Å². The summed E-state index contributed by atoms with van der Waals surface area (Å²) < 4.78 is 11.9. The SMILES string of the molecule is CCN1CCOc2ccccc2C(=O)N[C@H](C(=O)NCCOc2cc(C)ccc2C(C)C)CC(=O)N[C@@H](CC(C)C)C1=O. The van der Waals surface area contributed by atoms with Gasteiger partial charge in [0, 0.05) is 6.54 Å². The van der Waals surface area contributed by atoms with Crippen LogP contribution in [-0.4, -0.2) is 73.5 Å². The number of carbonyl (C=O) groups excluding carboxylic acids is 4. The van der Waals surface area contributed by atoms with Crippen molar-refractivity contribution in [2.45, 2.75) is 72.4 Å². The molecule has 2 aromatic carbocycles. The summed E-state index contributed by atoms with van der Waals surface area (Å²) in [5.41, 5.74) is 2.37. The van der Waals surface area contributed by atoms with Crippen LogP contribution in [0.15, 0.2) is 42.5 Å². The number of aryl methyl sites for hydroxylation is 1. The summed E-state index contributed by atoms with van der Waals surface area (Å²) in [4.78, 5) is 55.0. The first-order valence-corrected chi connectivity index (χ1v) is 15.1. The van der Waals surface area contributed by atoms with E-state index in [1.807, 2.05) is 45.9 Å². The van der Waals surface area contributed by atoms with E-state index < -0.39 is 29.8 Å². The fourth-order valence-corrected chi connectivity index (χ4v) is 4.97. The van der Waals surface area contributed by atoms with Gasteiger partial charge in [-0.15, -0.1) is 0 Å². The molecule has 43 heavy (non-hydrogen) atoms. The van der Waals surface area contributed by atoms with E-state index in [9.17, 15) is 19.2 Å². The Hall–Kier alpha value is -4.08. The summed E-state index contributed by atoms with van der Waals surface area (Å²) in [7, 11) is 0. The summed E-state index contributed by atoms with van der Waals surface area (Å²) in [5.74, 6) is -0.297. The van der Waals surface area contributed by atoms with Crippen LogP contribution in [0.4, 0.5) is 0 Å². The largest absolute Gasteiger partial charge is 0.491 e. The number of hydrogen-bond donors (Lipinski definition) is 3. The monoisotopic (exact) mass is 594 g/mol. The molecule has 10 nitrogen and oxygen atoms in total. The first-order chi connectivity index (χ1) is 20.5. The van der Waals surface area contributed by atoms with Crippen LogP contribution < -0.4 is 25.4 Å². The Kier molecular flexibility index (Phi) is 12.4. The first-order valence-electron chi connectivity index (χ1n) is 15.1. The van der Waals surface area contributed by atoms with Crippen molar-refractivity contribution in [3.63, 3.8) is 0 Å². The lowest BCUT2D eigenvalue weighted by molar-refractivity contribution is -0.137. The lowest BCUT2D eigenvalue weighted by Gasteiger charge is -2.29. The highest BCUT2D eigenvalue weighted by Gasteiger charge is 2.30. The van der Waals surface area contributed by atoms with Crippen molar-refractivity contribution in [2.75, 3.05) is 32.8 Å². The summed E-state index contributed by atoms with van der Waals surface area (Å²) in [6.07, 6.45) is 0.0908. The number of amides is 4. The Morgan fingerprint density at radius 1 is 1.09 bits per heavy atom. The average molecular weight is 595 g/mol. The molecular formula is C33H46N4O6. The fraction of sp³-hybridized carbons (Fsp3) is 0.515. The summed E-state index contributed by atoms with van der Waals surface area (Å²) in [6, 6.07) is 10.8. The third kappa shape index (κ3) is 9.73. The van der Waals surface area contributed by atoms with E-state index in [1.165, 1.54) is 0 Å². The van der Waals surface area contributed by atoms with Crippen LogP contribution >= 0.6 is 0 Å². The second-order valence-corrected chi connectivity index (χ2v) is 11.6. The molecule has 0 saturated carbocycles. The number of nitrogens with one attached hydrogen (secondary N) is 3. The second-order valence-electron chi connectivity index (χ2n) is 11.6. The number of hydrogen-bond acceptors (Lipinski definition) is 6. The number of carbonyl (C=O) groups is 4. The van der Waals surface area contributed by atoms with Gasteiger partial charge in [0.2, 0.25) is 17.7 Å². The van der Waals surface area contributed by atoms with Gasteiger partial charge >= 0.3 is 0 Å². The average Bonchev–Trinajstić information content (AvgIpc) is 2.95. The lowest BCUT2D eigenvalue weighted by atomic mass is 10.0. The molecule has 3 rings (SSSR count). The Balaban J connectivity index is 1.79. The molecule has 10 heteroatoms. The molecule has 0 aromatic heterocycles. The van der Waals surface area contributed by atoms with Crippen LogP contribution in [0.1, 0.15) is 74.9 Å². The van der Waals surface area contributed by atoms with Gasteiger partial charge < -0.3 is 30.3 Å². The van der Waals surface area contributed by atoms with E-state index >= 15 is 0 Å². The highest BCUT2D eigenvalue weighted by Crippen LogP contribution is 2.27. The number of likely N-dealkylation sites (N-methyl/N-ethyl adjacent to an activating group) is 1. The summed E-state index contributed by atoms with van der Waals surface area (Å²) in [6.45, 7) is 13.2. The van der Waals surface area contributed by atoms with Crippen molar-refractivity contribution in [2.24, 2.45) is 5.92 Å². The molecule has 0 fully saturated rings. The minimum Gasteiger partial charge on any atom is -0.491 e. The van der Waals surface area contributed by atoms with Crippen LogP contribution in [0.5, 0.6) is 11.5 Å². The van der Waals surface area contributed by atoms with Crippen molar-refractivity contribution in [3.8, 4) is 11.5 Å². The third-order valence-corrected chi connectivity index (χ3v) is 7.25. The molecule has 1 heterocycles. The Labute approximate surface area is 254 Å². The van der Waals surface area contributed by atoms with Crippen molar-refractivity contribution < 1.29 is 28.7 Å². The molecule has 4 amide bonds. The molecule has 0 radical (unpaired) electrons. The van der Waals surface area contributed by atoms with E-state index in [-0.39, 0.29) is 49.5 Å². The van der Waals surface area contributed by atoms with Gasteiger partial charge in [-0.25, -0.2) is 0 Å². The van der Waals surface area contributed by atoms with E-state index in [2.05, 4.69) is 29.8 Å². The number of ether oxygens (including phenoxy) is 2. The Morgan fingerprint density at radius 3 is 2.53 bits per heavy atom. The molecule has 0 spiro atoms. The molecule has 0 bridgehead atoms. The highest BCUT2D eigenvalue weighted by atomic mass is 16.5. The van der Waals surface area contributed by atoms with Gasteiger partial charge in [0.25, 0.3) is 5.91 Å². The van der Waals surface area contributed by atoms with Crippen LogP contribution in [0.25, 0.3) is 0 Å². The number of fused-ring (bicyclic) bond motifs is 1. The van der Waals surface area contributed by atoms with E-state index in [1.54, 1.807) is 29.2 Å². The van der Waals surface area contributed by atoms with Crippen LogP contribution in [0, 0.1) is 12.8 Å². The normalized spacial score (nSPS) is 18.3. The van der Waals surface area contributed by atoms with Gasteiger partial charge in [-0.05, 0) is 61.4 Å². The van der Waals surface area contributed by atoms with Gasteiger partial charge in [-0.2, -0.15) is 0 Å². The van der Waals surface area contributed by atoms with Gasteiger partial charge in [0.1, 0.15) is 36.8 Å². The maximum absolute atomic E-state index is 13.4. The predicted molar refractivity (Wildman–Crippen MR) is 165 cm³/mol. The topological polar surface area (TPSA) is 126 Å². The number of nitrogens with zero attached hydrogens (tertiary/aromatic N) is 1. The minimum absolute atomic E-state index is 0.137. The maximum atomic E-state index is 13.4. The zero-order valence-corrected chi connectivity index (χ0v) is 26.2. The third-order valence-electron chi connectivity index (χ3n) is 7.25. The molecule has 2 aromatic rings. The second kappa shape index (κ2) is 16.0. The maximum Gasteiger partial charge on any atom is 0.255 e. The predicted octanol–water partition coefficient (Wildman–Crippen LogP) is 3.57. The number of para-hydroxylation sites is 1. The van der Waals surface area contributed by atoms with Crippen LogP contribution in [0.2, 0.25) is 0 Å². The van der Waals surface area contributed by atoms with Crippen molar-refractivity contribution in [1.29, 1.82) is 0 Å². The molecule has 234 valence electrons. The zero-order valence-electron chi connectivity index (χ0n) is 26.2. The standard InChI is InChI=1S/C33H46N4O6/c1-7-37-15-17-43-28-11-9-8-10-25(28)31(39)36-26(20-30(38)35-27(33(37)41)18-21(2)3)32(40)34-14-16-42-29-19-23(6)12-13-24(29)22(4)5/h8-13,19,21-22,26-27H,7,14-18,20H2,1-6H3,(H,34,40)(H,35,38)(H,36,39)/t26-,27-/m0/s1. The summed E-state index contributed by atoms with van der Waals surface area (Å²) in [5, 5.41) is 8.31. The molecule has 0 unspecified atom stereocenters. The van der Waals surface area contributed by atoms with E-state index in [4.69, 9.17) is 9.47 Å². The molecule has 2 atom stereocenters. The van der Waals surface area contributed by atoms with Crippen molar-refractivity contribution in [1.82, 2.24) is 20.9 Å². The first kappa shape index (κ1) is 33.4. The summed E-state index contributed by atoms with van der Waals surface area (Å²) >= 11 is 0. The van der Waals surface area contributed by atoms with Crippen LogP contribution in [-0.2, 0) is 14.4 Å². The number of rotatable bonds is 9. The van der Waals surface area contributed by atoms with Gasteiger partial charge in [0.05, 0.1) is 25.1 Å². The lowest BCUT2D eigenvalue weighted by Crippen LogP contribution is -2.53. The minimum atomic E-state index is -1.19. The quantitative estimate of drug-likeness (QED) is 0.381. The van der Waals surface area contributed by atoms with Crippen molar-refractivity contribution >= 4 is 23.6 Å². The molecular weight excluding hydrogens is 548 g/mol. The van der Waals surface area contributed by atoms with E-state index in [0.29, 0.717) is 25.3 Å². The van der Waals surface area contributed by atoms with E-state index in [0.717, 1.165) is 16.9 Å². The molecule has 1 aliphatic rings.